The van der Waals surface area contributed by atoms with Gasteiger partial charge in [-0.15, -0.1) is 11.8 Å². The molecular formula is C28H37N4O7S-. The molecule has 40 heavy (non-hydrogen) atoms. The molecule has 5 N–H and O–H groups in total. The van der Waals surface area contributed by atoms with Gasteiger partial charge < -0.3 is 45.2 Å². The van der Waals surface area contributed by atoms with Gasteiger partial charge in [-0.1, -0.05) is 13.8 Å². The van der Waals surface area contributed by atoms with Crippen molar-refractivity contribution in [3.63, 3.8) is 0 Å². The van der Waals surface area contributed by atoms with Crippen LogP contribution in [0.15, 0.2) is 30.5 Å². The number of thioether (sulfide) groups is 1. The van der Waals surface area contributed by atoms with Crippen LogP contribution in [0.3, 0.4) is 0 Å². The molecule has 4 heterocycles. The number of aromatic amines is 1. The molecule has 5 rings (SSSR count). The zero-order valence-electron chi connectivity index (χ0n) is 23.2. The smallest absolute Gasteiger partial charge is 0.204 e. The van der Waals surface area contributed by atoms with E-state index >= 15 is 0 Å². The van der Waals surface area contributed by atoms with Crippen molar-refractivity contribution in [1.82, 2.24) is 15.3 Å². The number of pyridine rings is 1. The predicted octanol–water partition coefficient (Wildman–Crippen LogP) is 1.56. The molecule has 0 radical (unpaired) electrons. The number of ether oxygens (including phenoxy) is 4. The summed E-state index contributed by atoms with van der Waals surface area (Å²) in [5, 5.41) is 29.9. The molecule has 0 spiro atoms. The number of fused-ring (bicyclic) bond motifs is 3. The van der Waals surface area contributed by atoms with E-state index in [1.807, 2.05) is 26.0 Å². The van der Waals surface area contributed by atoms with Gasteiger partial charge in [0, 0.05) is 54.0 Å². The number of nitrogens with two attached hydrogens (primary N) is 1. The van der Waals surface area contributed by atoms with E-state index < -0.39 is 41.4 Å². The van der Waals surface area contributed by atoms with Crippen molar-refractivity contribution in [1.29, 1.82) is 0 Å². The molecule has 2 aliphatic heterocycles. The number of aliphatic hydroxyl groups is 1. The summed E-state index contributed by atoms with van der Waals surface area (Å²) in [6.45, 7) is 5.99. The molecule has 2 aliphatic rings. The molecule has 218 valence electrons. The number of ketones is 1. The molecule has 2 fully saturated rings. The highest BCUT2D eigenvalue weighted by molar-refractivity contribution is 8.00. The first-order valence-electron chi connectivity index (χ1n) is 13.4. The quantitative estimate of drug-likeness (QED) is 0.228. The number of rotatable bonds is 8. The number of methoxy groups -OCH3 is 1. The van der Waals surface area contributed by atoms with Crippen molar-refractivity contribution in [3.8, 4) is 0 Å². The van der Waals surface area contributed by atoms with Gasteiger partial charge in [0.1, 0.15) is 16.5 Å². The molecule has 11 nitrogen and oxygen atoms in total. The van der Waals surface area contributed by atoms with Crippen LogP contribution in [0, 0.1) is 0 Å². The lowest BCUT2D eigenvalue weighted by atomic mass is 9.83. The lowest BCUT2D eigenvalue weighted by Crippen LogP contribution is -2.70. The number of hydrogen-bond acceptors (Lipinski definition) is 11. The first-order chi connectivity index (χ1) is 19.1. The zero-order valence-corrected chi connectivity index (χ0v) is 24.1. The second kappa shape index (κ2) is 11.5. The fourth-order valence-electron chi connectivity index (χ4n) is 5.90. The molecular weight excluding hydrogens is 536 g/mol. The molecule has 12 heteroatoms. The molecule has 0 bridgehead atoms. The Kier molecular flexibility index (Phi) is 8.42. The monoisotopic (exact) mass is 573 g/mol. The number of nitrogens with zero attached hydrogens (tertiary/aromatic N) is 1. The second-order valence-electron chi connectivity index (χ2n) is 10.7. The van der Waals surface area contributed by atoms with Crippen LogP contribution in [0.4, 0.5) is 5.69 Å². The van der Waals surface area contributed by atoms with Crippen molar-refractivity contribution in [2.24, 2.45) is 0 Å². The fourth-order valence-corrected chi connectivity index (χ4v) is 6.95. The average molecular weight is 574 g/mol. The third kappa shape index (κ3) is 5.01. The molecule has 3 aromatic rings. The molecule has 0 aliphatic carbocycles. The van der Waals surface area contributed by atoms with Gasteiger partial charge in [-0.2, -0.15) is 0 Å². The highest BCUT2D eigenvalue weighted by Gasteiger charge is 2.58. The van der Waals surface area contributed by atoms with Gasteiger partial charge in [-0.3, -0.25) is 9.78 Å². The topological polar surface area (TPSA) is 164 Å². The molecule has 0 amide bonds. The van der Waals surface area contributed by atoms with E-state index in [2.05, 4.69) is 15.3 Å². The second-order valence-corrected chi connectivity index (χ2v) is 11.8. The number of benzene rings is 1. The number of hydrogen-bond donors (Lipinski definition) is 4. The predicted molar refractivity (Wildman–Crippen MR) is 151 cm³/mol. The summed E-state index contributed by atoms with van der Waals surface area (Å²) >= 11 is 1.12. The van der Waals surface area contributed by atoms with Crippen LogP contribution in [0.2, 0.25) is 0 Å². The normalized spacial score (nSPS) is 33.1. The minimum atomic E-state index is -1.73. The maximum absolute atomic E-state index is 14.3. The first kappa shape index (κ1) is 29.2. The van der Waals surface area contributed by atoms with Gasteiger partial charge in [0.15, 0.2) is 6.29 Å². The SMILES string of the molecule is COC1CC(OC2C([O-])OC(C)C(SC)(C(=O)c3nccc4c3[nH]c3ccc(N)cc34)C2O)OCC1NC(C)C. The number of aliphatic hydroxyl groups excluding tert-OH is 1. The number of anilines is 1. The minimum absolute atomic E-state index is 0.0504. The molecule has 8 atom stereocenters. The average Bonchev–Trinajstić information content (AvgIpc) is 3.29. The van der Waals surface area contributed by atoms with Crippen LogP contribution in [-0.2, 0) is 18.9 Å². The number of nitrogens with one attached hydrogen (secondary N) is 2. The fraction of sp³-hybridized carbons (Fsp3) is 0.571. The largest absolute Gasteiger partial charge is 0.829 e. The number of aromatic nitrogens is 2. The van der Waals surface area contributed by atoms with Crippen LogP contribution in [0.5, 0.6) is 0 Å². The molecule has 1 aromatic carbocycles. The summed E-state index contributed by atoms with van der Waals surface area (Å²) in [5.74, 6) is -0.467. The van der Waals surface area contributed by atoms with E-state index in [1.165, 1.54) is 0 Å². The van der Waals surface area contributed by atoms with Gasteiger partial charge in [0.25, 0.3) is 0 Å². The summed E-state index contributed by atoms with van der Waals surface area (Å²) < 4.78 is 21.8. The van der Waals surface area contributed by atoms with E-state index in [-0.39, 0.29) is 23.9 Å². The van der Waals surface area contributed by atoms with E-state index in [4.69, 9.17) is 24.7 Å². The third-order valence-electron chi connectivity index (χ3n) is 7.91. The third-order valence-corrected chi connectivity index (χ3v) is 9.34. The standard InChI is InChI=1S/C28H37N4O7S/c1-13(2)31-19-12-37-21(11-20(19)36-4)39-24-26(34)28(40-5,14(3)38-27(24)35)25(33)23-22-16(8-9-30-23)17-10-15(29)6-7-18(17)32-22/h6-10,13-14,19-21,24,26-27,31-32,34H,11-12,29H2,1-5H3/q-1. The van der Waals surface area contributed by atoms with E-state index in [1.54, 1.807) is 38.6 Å². The number of Topliss-reactive ketones (excluding diaryl/α,β-unsaturated/α-hetero) is 1. The lowest BCUT2D eigenvalue weighted by Gasteiger charge is -2.53. The van der Waals surface area contributed by atoms with Crippen molar-refractivity contribution in [2.45, 2.75) is 81.0 Å². The summed E-state index contributed by atoms with van der Waals surface area (Å²) in [4.78, 5) is 22.0. The van der Waals surface area contributed by atoms with Crippen molar-refractivity contribution in [2.75, 3.05) is 25.7 Å². The highest BCUT2D eigenvalue weighted by atomic mass is 32.2. The number of carbonyl (C=O) groups is 1. The Morgan fingerprint density at radius 3 is 2.83 bits per heavy atom. The maximum atomic E-state index is 14.3. The summed E-state index contributed by atoms with van der Waals surface area (Å²) in [6.07, 6.45) is -2.98. The lowest BCUT2D eigenvalue weighted by molar-refractivity contribution is -0.533. The van der Waals surface area contributed by atoms with Crippen LogP contribution in [-0.4, -0.2) is 94.7 Å². The van der Waals surface area contributed by atoms with Gasteiger partial charge in [0.05, 0.1) is 36.5 Å². The first-order valence-corrected chi connectivity index (χ1v) is 14.6. The molecule has 2 saturated heterocycles. The van der Waals surface area contributed by atoms with Crippen LogP contribution < -0.4 is 16.2 Å². The Bertz CT molecular complexity index is 1370. The van der Waals surface area contributed by atoms with Gasteiger partial charge in [0.2, 0.25) is 5.78 Å². The Morgan fingerprint density at radius 1 is 1.35 bits per heavy atom. The maximum Gasteiger partial charge on any atom is 0.204 e. The van der Waals surface area contributed by atoms with Crippen LogP contribution in [0.25, 0.3) is 21.8 Å². The van der Waals surface area contributed by atoms with Crippen LogP contribution >= 0.6 is 11.8 Å². The van der Waals surface area contributed by atoms with Crippen molar-refractivity contribution in [3.05, 3.63) is 36.2 Å². The summed E-state index contributed by atoms with van der Waals surface area (Å²) in [5.41, 5.74) is 8.05. The van der Waals surface area contributed by atoms with E-state index in [0.29, 0.717) is 24.2 Å². The van der Waals surface area contributed by atoms with Gasteiger partial charge in [-0.25, -0.2) is 0 Å². The van der Waals surface area contributed by atoms with Gasteiger partial charge in [-0.05, 0) is 37.4 Å². The van der Waals surface area contributed by atoms with E-state index in [0.717, 1.165) is 28.1 Å². The zero-order chi connectivity index (χ0) is 28.8. The number of H-pyrrole nitrogens is 1. The highest BCUT2D eigenvalue weighted by Crippen LogP contribution is 2.43. The Labute approximate surface area is 237 Å². The minimum Gasteiger partial charge on any atom is -0.829 e. The number of carbonyl (C=O) groups excluding carboxylic acids is 1. The molecule has 0 saturated carbocycles. The van der Waals surface area contributed by atoms with Crippen LogP contribution in [0.1, 0.15) is 37.7 Å². The van der Waals surface area contributed by atoms with E-state index in [9.17, 15) is 15.0 Å². The van der Waals surface area contributed by atoms with Gasteiger partial charge >= 0.3 is 0 Å². The number of nitrogen functional groups attached to an aromatic ring is 1. The van der Waals surface area contributed by atoms with Crippen molar-refractivity contribution >= 4 is 45.0 Å². The Hall–Kier alpha value is -2.29. The Morgan fingerprint density at radius 2 is 2.12 bits per heavy atom. The Balaban J connectivity index is 1.45. The molecule has 8 unspecified atom stereocenters. The van der Waals surface area contributed by atoms with Crippen molar-refractivity contribution < 1.29 is 34.0 Å². The summed E-state index contributed by atoms with van der Waals surface area (Å²) in [6, 6.07) is 7.43. The molecule has 2 aromatic heterocycles. The summed E-state index contributed by atoms with van der Waals surface area (Å²) in [7, 11) is 1.61.